The lowest BCUT2D eigenvalue weighted by molar-refractivity contribution is 0.288. The van der Waals surface area contributed by atoms with E-state index in [2.05, 4.69) is 20.4 Å². The topological polar surface area (TPSA) is 115 Å². The lowest BCUT2D eigenvalue weighted by atomic mass is 10.2. The highest BCUT2D eigenvalue weighted by molar-refractivity contribution is 5.61. The second-order valence-corrected chi connectivity index (χ2v) is 4.00. The number of hydrogen-bond acceptors (Lipinski definition) is 7. The van der Waals surface area contributed by atoms with Crippen molar-refractivity contribution in [2.45, 2.75) is 13.8 Å². The zero-order valence-corrected chi connectivity index (χ0v) is 11.8. The molecule has 0 aliphatic heterocycles. The molecule has 0 radical (unpaired) electrons. The third-order valence-corrected chi connectivity index (χ3v) is 2.60. The molecule has 0 saturated carbocycles. The van der Waals surface area contributed by atoms with Gasteiger partial charge in [0.25, 0.3) is 0 Å². The normalized spacial score (nSPS) is 10.2. The van der Waals surface area contributed by atoms with E-state index in [1.54, 1.807) is 18.2 Å². The van der Waals surface area contributed by atoms with Crippen molar-refractivity contribution in [3.8, 4) is 22.9 Å². The van der Waals surface area contributed by atoms with Gasteiger partial charge in [0, 0.05) is 5.56 Å². The molecule has 8 heteroatoms. The van der Waals surface area contributed by atoms with E-state index in [9.17, 15) is 4.79 Å². The molecule has 4 N–H and O–H groups in total. The maximum absolute atomic E-state index is 11.5. The predicted molar refractivity (Wildman–Crippen MR) is 78.2 cm³/mol. The van der Waals surface area contributed by atoms with Crippen LogP contribution in [-0.4, -0.2) is 28.2 Å². The number of nitrogen functional groups attached to an aromatic ring is 1. The molecule has 8 nitrogen and oxygen atoms in total. The summed E-state index contributed by atoms with van der Waals surface area (Å²) in [7, 11) is 0. The maximum Gasteiger partial charge on any atom is 0.349 e. The minimum absolute atomic E-state index is 0.0422. The van der Waals surface area contributed by atoms with Crippen LogP contribution < -0.4 is 26.4 Å². The zero-order valence-electron chi connectivity index (χ0n) is 11.8. The van der Waals surface area contributed by atoms with Gasteiger partial charge in [-0.1, -0.05) is 0 Å². The van der Waals surface area contributed by atoms with Crippen LogP contribution in [0.2, 0.25) is 0 Å². The van der Waals surface area contributed by atoms with Crippen molar-refractivity contribution >= 4 is 5.95 Å². The van der Waals surface area contributed by atoms with E-state index in [4.69, 9.17) is 15.3 Å². The first kappa shape index (κ1) is 14.8. The lowest BCUT2D eigenvalue weighted by Crippen LogP contribution is -2.19. The molecule has 112 valence electrons. The molecule has 0 atom stereocenters. The van der Waals surface area contributed by atoms with E-state index in [0.717, 1.165) is 0 Å². The van der Waals surface area contributed by atoms with Gasteiger partial charge in [-0.15, -0.1) is 0 Å². The van der Waals surface area contributed by atoms with Crippen molar-refractivity contribution in [1.82, 2.24) is 15.0 Å². The Labute approximate surface area is 121 Å². The monoisotopic (exact) mass is 291 g/mol. The minimum atomic E-state index is -0.542. The second-order valence-electron chi connectivity index (χ2n) is 4.00. The first-order valence-electron chi connectivity index (χ1n) is 6.53. The molecule has 0 fully saturated rings. The van der Waals surface area contributed by atoms with E-state index >= 15 is 0 Å². The van der Waals surface area contributed by atoms with Gasteiger partial charge in [-0.25, -0.2) is 10.6 Å². The van der Waals surface area contributed by atoms with Crippen LogP contribution in [-0.2, 0) is 0 Å². The van der Waals surface area contributed by atoms with Gasteiger partial charge in [-0.05, 0) is 32.0 Å². The molecular weight excluding hydrogens is 274 g/mol. The summed E-state index contributed by atoms with van der Waals surface area (Å²) in [6, 6.07) is 5.28. The maximum atomic E-state index is 11.5. The summed E-state index contributed by atoms with van der Waals surface area (Å²) in [6.07, 6.45) is 0. The highest BCUT2D eigenvalue weighted by Gasteiger charge is 2.10. The summed E-state index contributed by atoms with van der Waals surface area (Å²) >= 11 is 0. The standard InChI is InChI=1S/C13H17N5O3/c1-3-20-9-6-5-8(7-10(9)21-4-2)11-15-12(18-14)17-13(19)16-11/h5-7H,3-4,14H2,1-2H3,(H2,15,16,17,18,19). The van der Waals surface area contributed by atoms with E-state index in [1.807, 2.05) is 13.8 Å². The van der Waals surface area contributed by atoms with Gasteiger partial charge in [0.1, 0.15) is 5.82 Å². The quantitative estimate of drug-likeness (QED) is 0.535. The van der Waals surface area contributed by atoms with Crippen LogP contribution in [0, 0.1) is 0 Å². The average Bonchev–Trinajstić information content (AvgIpc) is 2.48. The number of anilines is 1. The number of rotatable bonds is 6. The van der Waals surface area contributed by atoms with Gasteiger partial charge in [0.15, 0.2) is 11.5 Å². The fourth-order valence-electron chi connectivity index (χ4n) is 1.78. The van der Waals surface area contributed by atoms with Gasteiger partial charge in [-0.3, -0.25) is 10.4 Å². The molecular formula is C13H17N5O3. The van der Waals surface area contributed by atoms with Gasteiger partial charge >= 0.3 is 5.69 Å². The van der Waals surface area contributed by atoms with Gasteiger partial charge < -0.3 is 9.47 Å². The van der Waals surface area contributed by atoms with Crippen molar-refractivity contribution in [3.05, 3.63) is 28.7 Å². The number of hydrazine groups is 1. The summed E-state index contributed by atoms with van der Waals surface area (Å²) in [6.45, 7) is 4.81. The Hall–Kier alpha value is -2.61. The largest absolute Gasteiger partial charge is 0.490 e. The molecule has 0 amide bonds. The molecule has 21 heavy (non-hydrogen) atoms. The SMILES string of the molecule is CCOc1ccc(-c2nc(NN)nc(=O)[nH]2)cc1OCC. The van der Waals surface area contributed by atoms with E-state index in [-0.39, 0.29) is 5.95 Å². The van der Waals surface area contributed by atoms with E-state index in [1.165, 1.54) is 0 Å². The number of aromatic amines is 1. The van der Waals surface area contributed by atoms with Crippen LogP contribution in [0.5, 0.6) is 11.5 Å². The Morgan fingerprint density at radius 2 is 1.90 bits per heavy atom. The number of H-pyrrole nitrogens is 1. The summed E-state index contributed by atoms with van der Waals surface area (Å²) in [5.41, 5.74) is 2.37. The van der Waals surface area contributed by atoms with Crippen molar-refractivity contribution in [2.24, 2.45) is 5.84 Å². The lowest BCUT2D eigenvalue weighted by Gasteiger charge is -2.12. The van der Waals surface area contributed by atoms with Crippen molar-refractivity contribution in [2.75, 3.05) is 18.6 Å². The fraction of sp³-hybridized carbons (Fsp3) is 0.308. The number of nitrogens with two attached hydrogens (primary N) is 1. The number of nitrogens with zero attached hydrogens (tertiary/aromatic N) is 2. The fourth-order valence-corrected chi connectivity index (χ4v) is 1.78. The highest BCUT2D eigenvalue weighted by Crippen LogP contribution is 2.31. The molecule has 2 aromatic rings. The van der Waals surface area contributed by atoms with Crippen LogP contribution in [0.1, 0.15) is 13.8 Å². The number of aromatic nitrogens is 3. The first-order valence-corrected chi connectivity index (χ1v) is 6.53. The second kappa shape index (κ2) is 6.71. The molecule has 0 aliphatic carbocycles. The van der Waals surface area contributed by atoms with Crippen LogP contribution in [0.25, 0.3) is 11.4 Å². The summed E-state index contributed by atoms with van der Waals surface area (Å²) < 4.78 is 11.0. The van der Waals surface area contributed by atoms with Gasteiger partial charge in [-0.2, -0.15) is 9.97 Å². The Morgan fingerprint density at radius 1 is 1.19 bits per heavy atom. The van der Waals surface area contributed by atoms with Crippen LogP contribution >= 0.6 is 0 Å². The van der Waals surface area contributed by atoms with Crippen LogP contribution in [0.3, 0.4) is 0 Å². The third kappa shape index (κ3) is 3.48. The van der Waals surface area contributed by atoms with E-state index < -0.39 is 5.69 Å². The Morgan fingerprint density at radius 3 is 2.57 bits per heavy atom. The molecule has 1 aromatic heterocycles. The van der Waals surface area contributed by atoms with Gasteiger partial charge in [0.2, 0.25) is 5.95 Å². The predicted octanol–water partition coefficient (Wildman–Crippen LogP) is 0.915. The van der Waals surface area contributed by atoms with Crippen LogP contribution in [0.4, 0.5) is 5.95 Å². The van der Waals surface area contributed by atoms with E-state index in [0.29, 0.717) is 36.1 Å². The minimum Gasteiger partial charge on any atom is -0.490 e. The molecule has 0 spiro atoms. The highest BCUT2D eigenvalue weighted by atomic mass is 16.5. The van der Waals surface area contributed by atoms with Crippen molar-refractivity contribution < 1.29 is 9.47 Å². The Kier molecular flexibility index (Phi) is 4.72. The average molecular weight is 291 g/mol. The molecule has 0 aliphatic rings. The molecule has 0 unspecified atom stereocenters. The van der Waals surface area contributed by atoms with Crippen molar-refractivity contribution in [3.63, 3.8) is 0 Å². The number of ether oxygens (including phenoxy) is 2. The first-order chi connectivity index (χ1) is 10.2. The zero-order chi connectivity index (χ0) is 15.2. The Balaban J connectivity index is 2.46. The number of hydrogen-bond donors (Lipinski definition) is 3. The van der Waals surface area contributed by atoms with Gasteiger partial charge in [0.05, 0.1) is 13.2 Å². The smallest absolute Gasteiger partial charge is 0.349 e. The Bertz CT molecular complexity index is 671. The summed E-state index contributed by atoms with van der Waals surface area (Å²) in [5, 5.41) is 0. The summed E-state index contributed by atoms with van der Waals surface area (Å²) in [4.78, 5) is 21.7. The molecule has 0 saturated heterocycles. The molecule has 1 heterocycles. The summed E-state index contributed by atoms with van der Waals surface area (Å²) in [5.74, 6) is 6.83. The van der Waals surface area contributed by atoms with Crippen molar-refractivity contribution in [1.29, 1.82) is 0 Å². The number of nitrogens with one attached hydrogen (secondary N) is 2. The molecule has 0 bridgehead atoms. The molecule has 2 rings (SSSR count). The number of benzene rings is 1. The molecule has 1 aromatic carbocycles. The van der Waals surface area contributed by atoms with Crippen LogP contribution in [0.15, 0.2) is 23.0 Å². The third-order valence-electron chi connectivity index (χ3n) is 2.60.